The van der Waals surface area contributed by atoms with E-state index in [1.54, 1.807) is 0 Å². The quantitative estimate of drug-likeness (QED) is 0.160. The Balaban J connectivity index is 0.000000124. The number of hydrogen-bond acceptors (Lipinski definition) is 5. The summed E-state index contributed by atoms with van der Waals surface area (Å²) in [7, 11) is 0. The zero-order chi connectivity index (χ0) is 63.3. The minimum atomic E-state index is 0. The third-order valence-electron chi connectivity index (χ3n) is 16.9. The van der Waals surface area contributed by atoms with Crippen molar-refractivity contribution < 1.29 is 101 Å². The van der Waals surface area contributed by atoms with Crippen molar-refractivity contribution in [1.82, 2.24) is 46.9 Å². The maximum absolute atomic E-state index is 4.55. The first kappa shape index (κ1) is 71.5. The van der Waals surface area contributed by atoms with Crippen LogP contribution in [0.4, 0.5) is 0 Å². The topological polar surface area (TPSA) is 86.5 Å². The van der Waals surface area contributed by atoms with E-state index in [1.807, 2.05) is 168 Å². The molecule has 495 valence electrons. The monoisotopic (exact) mass is 2180 g/mol. The average Bonchev–Trinajstić information content (AvgIpc) is 1.50. The summed E-state index contributed by atoms with van der Waals surface area (Å²) in [6.07, 6.45) is 25.4. The molecule has 0 amide bonds. The van der Waals surface area contributed by atoms with Gasteiger partial charge in [-0.1, -0.05) is 203 Å². The van der Waals surface area contributed by atoms with Crippen molar-refractivity contribution in [3.63, 3.8) is 0 Å². The van der Waals surface area contributed by atoms with E-state index < -0.39 is 0 Å². The Hall–Kier alpha value is -9.80. The van der Waals surface area contributed by atoms with E-state index >= 15 is 0 Å². The van der Waals surface area contributed by atoms with Gasteiger partial charge >= 0.3 is 0 Å². The van der Waals surface area contributed by atoms with Gasteiger partial charge in [0.15, 0.2) is 0 Å². The Labute approximate surface area is 644 Å². The predicted octanol–water partition coefficient (Wildman–Crippen LogP) is 19.8. The molecular weight excluding hydrogens is 2120 g/mol. The number of imidazole rings is 5. The maximum Gasteiger partial charge on any atom is 0.0629 e. The fourth-order valence-electron chi connectivity index (χ4n) is 12.4. The van der Waals surface area contributed by atoms with Crippen molar-refractivity contribution in [2.24, 2.45) is 0 Å². The molecule has 0 saturated heterocycles. The molecule has 5 radical (unpaired) electrons. The Bertz CT molecular complexity index is 6020. The average molecular weight is 2180 g/mol. The molecule has 0 unspecified atom stereocenters. The number of nitrogens with zero attached hydrogens (tertiary/aromatic N) is 10. The molecule has 10 aromatic heterocycles. The number of hydrogen-bond donors (Lipinski definition) is 0. The van der Waals surface area contributed by atoms with Crippen molar-refractivity contribution in [3.05, 3.63) is 366 Å². The summed E-state index contributed by atoms with van der Waals surface area (Å²) < 4.78 is 10.3. The third kappa shape index (κ3) is 14.6. The Morgan fingerprint density at radius 2 is 0.690 bits per heavy atom. The fourth-order valence-corrected chi connectivity index (χ4v) is 12.4. The summed E-state index contributed by atoms with van der Waals surface area (Å²) >= 11 is 0. The number of rotatable bonds is 5. The van der Waals surface area contributed by atoms with Crippen molar-refractivity contribution in [3.8, 4) is 55.9 Å². The number of pyridine rings is 5. The van der Waals surface area contributed by atoms with Crippen molar-refractivity contribution in [2.75, 3.05) is 0 Å². The van der Waals surface area contributed by atoms with Gasteiger partial charge in [-0.3, -0.25) is 24.9 Å². The van der Waals surface area contributed by atoms with Gasteiger partial charge in [0.1, 0.15) is 0 Å². The predicted molar refractivity (Wildman–Crippen MR) is 385 cm³/mol. The molecule has 0 atom stereocenters. The first-order valence-electron chi connectivity index (χ1n) is 31.2. The van der Waals surface area contributed by atoms with E-state index in [0.717, 1.165) is 66.6 Å². The summed E-state index contributed by atoms with van der Waals surface area (Å²) in [5.41, 5.74) is 16.7. The first-order valence-corrected chi connectivity index (χ1v) is 31.2. The summed E-state index contributed by atoms with van der Waals surface area (Å²) in [4.78, 5) is 22.2. The van der Waals surface area contributed by atoms with Crippen LogP contribution in [0.15, 0.2) is 335 Å². The van der Waals surface area contributed by atoms with Crippen LogP contribution in [0.1, 0.15) is 0 Å². The normalized spacial score (nSPS) is 10.6. The molecule has 0 N–H and O–H groups in total. The molecule has 0 fully saturated rings. The molecule has 0 aliphatic carbocycles. The first-order chi connectivity index (χ1) is 47.1. The van der Waals surface area contributed by atoms with E-state index in [-0.39, 0.29) is 101 Å². The minimum absolute atomic E-state index is 0. The molecule has 0 aliphatic rings. The molecule has 10 nitrogen and oxygen atoms in total. The van der Waals surface area contributed by atoms with Crippen molar-refractivity contribution in [1.29, 1.82) is 0 Å². The molecule has 20 rings (SSSR count). The van der Waals surface area contributed by atoms with Crippen LogP contribution in [-0.2, 0) is 101 Å². The molecule has 15 heteroatoms. The SMILES string of the molecule is [Ir].[Ir].[Ir].[Ir].[Ir].[c-]1cc(-c2ccccc2)cc2ccn3ccnc3c12.[c-]1ccc(-c2ccccc2)c2ccn3ccnc3c12.[c-]1cccc2c(-c3ccccc3)cn3ccnc3c12.[c-]1cccc2cc(-c3ccccc3)n3ccnc3c12.[c-]1cccc2ccn3c(-c4ccccc4)cnc3c12. The second-order valence-corrected chi connectivity index (χ2v) is 22.6. The molecule has 0 bridgehead atoms. The zero-order valence-electron chi connectivity index (χ0n) is 52.9. The molecule has 10 aromatic carbocycles. The number of aromatic nitrogens is 10. The van der Waals surface area contributed by atoms with Crippen molar-refractivity contribution >= 4 is 82.1 Å². The second-order valence-electron chi connectivity index (χ2n) is 22.6. The Kier molecular flexibility index (Phi) is 23.5. The largest absolute Gasteiger partial charge is 0.347 e. The Morgan fingerprint density at radius 3 is 1.33 bits per heavy atom. The fraction of sp³-hybridized carbons (Fsp3) is 0. The zero-order valence-corrected chi connectivity index (χ0v) is 64.9. The van der Waals surface area contributed by atoms with E-state index in [9.17, 15) is 0 Å². The van der Waals surface area contributed by atoms with E-state index in [0.29, 0.717) is 0 Å². The van der Waals surface area contributed by atoms with Gasteiger partial charge < -0.3 is 22.0 Å². The molecule has 0 saturated carbocycles. The van der Waals surface area contributed by atoms with E-state index in [4.69, 9.17) is 0 Å². The molecule has 100 heavy (non-hydrogen) atoms. The molecule has 10 heterocycles. The smallest absolute Gasteiger partial charge is 0.0629 e. The summed E-state index contributed by atoms with van der Waals surface area (Å²) in [6, 6.07) is 103. The van der Waals surface area contributed by atoms with Gasteiger partial charge in [0.2, 0.25) is 0 Å². The van der Waals surface area contributed by atoms with Crippen LogP contribution in [0.2, 0.25) is 0 Å². The van der Waals surface area contributed by atoms with Crippen LogP contribution in [0.3, 0.4) is 0 Å². The van der Waals surface area contributed by atoms with Crippen LogP contribution in [-0.4, -0.2) is 46.9 Å². The van der Waals surface area contributed by atoms with Crippen LogP contribution < -0.4 is 0 Å². The van der Waals surface area contributed by atoms with Gasteiger partial charge in [0.05, 0.1) is 33.9 Å². The minimum Gasteiger partial charge on any atom is -0.347 e. The third-order valence-corrected chi connectivity index (χ3v) is 16.9. The molecule has 0 aliphatic heterocycles. The van der Waals surface area contributed by atoms with Gasteiger partial charge in [0, 0.05) is 162 Å². The molecule has 0 spiro atoms. The molecule has 20 aromatic rings. The van der Waals surface area contributed by atoms with Crippen LogP contribution in [0.25, 0.3) is 138 Å². The van der Waals surface area contributed by atoms with Crippen LogP contribution in [0, 0.1) is 30.3 Å². The number of benzene rings is 10. The molecular formula is C85H55Ir5N10-5. The van der Waals surface area contributed by atoms with Crippen molar-refractivity contribution in [2.45, 2.75) is 0 Å². The maximum atomic E-state index is 4.55. The van der Waals surface area contributed by atoms with Gasteiger partial charge in [-0.2, -0.15) is 0 Å². The number of fused-ring (bicyclic) bond motifs is 15. The Morgan fingerprint density at radius 1 is 0.260 bits per heavy atom. The second kappa shape index (κ2) is 32.9. The standard InChI is InChI=1S/5C17H11N2.5Ir/c1-2-7-14(8-3-1)16-12-18-17-15-9-5-4-6-13(15)10-11-19(16)17;1-2-6-13(7-3-1)16-12-19-11-10-18-17(19)15-9-5-4-8-14(15)16;1-2-6-13(7-3-1)16-12-14-8-4-5-9-15(14)17-18-10-11-19(16)17;1-2-5-13(6-3-1)14-7-4-8-16-15(14)9-11-19-12-10-18-17(16)19;1-2-4-13(5-3-1)14-6-7-16-15(12-14)8-10-19-11-9-18-17(16)19;;;;;/h3*1-8,10-12H;1-7,9-12H;1-6,8-12H;;;;;/q5*-1;;;;;. The summed E-state index contributed by atoms with van der Waals surface area (Å²) in [5.74, 6) is 0. The summed E-state index contributed by atoms with van der Waals surface area (Å²) in [6.45, 7) is 0. The van der Waals surface area contributed by atoms with Gasteiger partial charge in [-0.25, -0.2) is 0 Å². The summed E-state index contributed by atoms with van der Waals surface area (Å²) in [5, 5.41) is 11.2. The van der Waals surface area contributed by atoms with Gasteiger partial charge in [-0.05, 0) is 52.6 Å². The van der Waals surface area contributed by atoms with Crippen LogP contribution in [0.5, 0.6) is 0 Å². The van der Waals surface area contributed by atoms with Gasteiger partial charge in [0.25, 0.3) is 0 Å². The van der Waals surface area contributed by atoms with Crippen LogP contribution >= 0.6 is 0 Å². The van der Waals surface area contributed by atoms with Gasteiger partial charge in [-0.15, -0.1) is 152 Å². The van der Waals surface area contributed by atoms with E-state index in [2.05, 4.69) is 245 Å². The van der Waals surface area contributed by atoms with E-state index in [1.165, 1.54) is 71.4 Å².